The lowest BCUT2D eigenvalue weighted by Gasteiger charge is -2.42. The van der Waals surface area contributed by atoms with E-state index in [9.17, 15) is 4.79 Å². The maximum atomic E-state index is 13.1. The monoisotopic (exact) mass is 374 g/mol. The Morgan fingerprint density at radius 3 is 2.58 bits per heavy atom. The normalized spacial score (nSPS) is 26.1. The van der Waals surface area contributed by atoms with Crippen molar-refractivity contribution in [1.29, 1.82) is 0 Å². The van der Waals surface area contributed by atoms with Crippen LogP contribution in [0.2, 0.25) is 0 Å². The number of carbonyl (C=O) groups excluding carboxylic acids is 1. The Balaban J connectivity index is 1.30. The molecule has 3 aliphatic rings. The summed E-state index contributed by atoms with van der Waals surface area (Å²) in [7, 11) is 0. The van der Waals surface area contributed by atoms with Crippen molar-refractivity contribution in [3.05, 3.63) is 24.4 Å². The predicted molar refractivity (Wildman–Crippen MR) is 108 cm³/mol. The first-order chi connectivity index (χ1) is 12.8. The zero-order valence-corrected chi connectivity index (χ0v) is 16.4. The summed E-state index contributed by atoms with van der Waals surface area (Å²) in [6, 6.07) is 6.71. The number of aromatic nitrogens is 1. The van der Waals surface area contributed by atoms with Crippen LogP contribution in [-0.2, 0) is 4.79 Å². The molecule has 0 aliphatic carbocycles. The first-order valence-electron chi connectivity index (χ1n) is 10.1. The minimum absolute atomic E-state index is 0.133. The largest absolute Gasteiger partial charge is 0.356 e. The SMILES string of the molecule is O=C(C1CCCN(c2ccccn2)C1)N1CCC(N2CCSCC2)CC1. The number of nitrogens with zero attached hydrogens (tertiary/aromatic N) is 4. The average molecular weight is 375 g/mol. The van der Waals surface area contributed by atoms with E-state index in [-0.39, 0.29) is 5.92 Å². The molecule has 3 saturated heterocycles. The summed E-state index contributed by atoms with van der Waals surface area (Å²) in [4.78, 5) is 24.6. The number of pyridine rings is 1. The molecule has 26 heavy (non-hydrogen) atoms. The molecule has 4 heterocycles. The summed E-state index contributed by atoms with van der Waals surface area (Å²) in [5.74, 6) is 4.05. The van der Waals surface area contributed by atoms with Gasteiger partial charge in [-0.05, 0) is 37.8 Å². The molecule has 1 aromatic heterocycles. The molecule has 0 saturated carbocycles. The first kappa shape index (κ1) is 18.1. The summed E-state index contributed by atoms with van der Waals surface area (Å²) in [5, 5.41) is 0. The van der Waals surface area contributed by atoms with E-state index in [1.807, 2.05) is 18.3 Å². The highest BCUT2D eigenvalue weighted by atomic mass is 32.2. The van der Waals surface area contributed by atoms with Gasteiger partial charge in [0.1, 0.15) is 5.82 Å². The molecule has 0 aromatic carbocycles. The molecule has 5 nitrogen and oxygen atoms in total. The predicted octanol–water partition coefficient (Wildman–Crippen LogP) is 2.34. The van der Waals surface area contributed by atoms with E-state index in [2.05, 4.69) is 37.5 Å². The number of anilines is 1. The second-order valence-corrected chi connectivity index (χ2v) is 8.90. The number of hydrogen-bond donors (Lipinski definition) is 0. The summed E-state index contributed by atoms with van der Waals surface area (Å²) < 4.78 is 0. The van der Waals surface area contributed by atoms with Crippen LogP contribution < -0.4 is 4.90 Å². The van der Waals surface area contributed by atoms with Gasteiger partial charge in [-0.25, -0.2) is 4.98 Å². The van der Waals surface area contributed by atoms with Gasteiger partial charge in [0.05, 0.1) is 5.92 Å². The fraction of sp³-hybridized carbons (Fsp3) is 0.700. The number of likely N-dealkylation sites (tertiary alicyclic amines) is 1. The van der Waals surface area contributed by atoms with Crippen molar-refractivity contribution in [3.63, 3.8) is 0 Å². The standard InChI is InChI=1S/C20H30N4OS/c25-20(17-4-3-9-24(16-17)19-5-1-2-8-21-19)23-10-6-18(7-11-23)22-12-14-26-15-13-22/h1-2,5,8,17-18H,3-4,6-7,9-16H2. The van der Waals surface area contributed by atoms with Gasteiger partial charge >= 0.3 is 0 Å². The molecule has 4 rings (SSSR count). The zero-order valence-electron chi connectivity index (χ0n) is 15.6. The van der Waals surface area contributed by atoms with Gasteiger partial charge in [-0.15, -0.1) is 0 Å². The molecule has 142 valence electrons. The summed E-state index contributed by atoms with van der Waals surface area (Å²) in [5.41, 5.74) is 0. The van der Waals surface area contributed by atoms with Crippen LogP contribution in [0, 0.1) is 5.92 Å². The number of thioether (sulfide) groups is 1. The number of piperidine rings is 2. The van der Waals surface area contributed by atoms with Crippen molar-refractivity contribution < 1.29 is 4.79 Å². The van der Waals surface area contributed by atoms with E-state index in [1.165, 1.54) is 24.6 Å². The van der Waals surface area contributed by atoms with Crippen molar-refractivity contribution >= 4 is 23.5 Å². The van der Waals surface area contributed by atoms with Gasteiger partial charge in [0.25, 0.3) is 0 Å². The summed E-state index contributed by atoms with van der Waals surface area (Å²) in [6.45, 7) is 6.16. The maximum Gasteiger partial charge on any atom is 0.227 e. The van der Waals surface area contributed by atoms with Crippen molar-refractivity contribution in [2.24, 2.45) is 5.92 Å². The van der Waals surface area contributed by atoms with Gasteiger partial charge in [0, 0.05) is 63.0 Å². The Hall–Kier alpha value is -1.27. The Kier molecular flexibility index (Phi) is 6.00. The van der Waals surface area contributed by atoms with E-state index in [1.54, 1.807) is 0 Å². The molecular formula is C20H30N4OS. The van der Waals surface area contributed by atoms with Crippen LogP contribution in [0.25, 0.3) is 0 Å². The van der Waals surface area contributed by atoms with Gasteiger partial charge in [-0.3, -0.25) is 9.69 Å². The van der Waals surface area contributed by atoms with Crippen molar-refractivity contribution in [2.75, 3.05) is 55.7 Å². The molecule has 0 spiro atoms. The molecule has 1 aromatic rings. The third-order valence-electron chi connectivity index (χ3n) is 6.08. The van der Waals surface area contributed by atoms with E-state index in [0.717, 1.165) is 57.7 Å². The molecule has 6 heteroatoms. The Labute approximate surface area is 161 Å². The molecule has 1 unspecified atom stereocenters. The van der Waals surface area contributed by atoms with E-state index in [4.69, 9.17) is 0 Å². The average Bonchev–Trinajstić information content (AvgIpc) is 2.75. The molecule has 1 amide bonds. The Morgan fingerprint density at radius 1 is 1.04 bits per heavy atom. The highest BCUT2D eigenvalue weighted by Crippen LogP contribution is 2.26. The lowest BCUT2D eigenvalue weighted by atomic mass is 9.94. The van der Waals surface area contributed by atoms with Crippen LogP contribution >= 0.6 is 11.8 Å². The fourth-order valence-electron chi connectivity index (χ4n) is 4.58. The van der Waals surface area contributed by atoms with Crippen LogP contribution in [0.15, 0.2) is 24.4 Å². The topological polar surface area (TPSA) is 39.7 Å². The second kappa shape index (κ2) is 8.61. The van der Waals surface area contributed by atoms with Crippen LogP contribution in [0.4, 0.5) is 5.82 Å². The number of hydrogen-bond acceptors (Lipinski definition) is 5. The van der Waals surface area contributed by atoms with Crippen molar-refractivity contribution in [3.8, 4) is 0 Å². The highest BCUT2D eigenvalue weighted by molar-refractivity contribution is 7.99. The highest BCUT2D eigenvalue weighted by Gasteiger charge is 2.33. The quantitative estimate of drug-likeness (QED) is 0.812. The molecule has 3 fully saturated rings. The lowest BCUT2D eigenvalue weighted by molar-refractivity contribution is -0.137. The van der Waals surface area contributed by atoms with E-state index < -0.39 is 0 Å². The smallest absolute Gasteiger partial charge is 0.227 e. The van der Waals surface area contributed by atoms with Crippen molar-refractivity contribution in [2.45, 2.75) is 31.7 Å². The summed E-state index contributed by atoms with van der Waals surface area (Å²) >= 11 is 2.07. The van der Waals surface area contributed by atoms with Crippen LogP contribution in [-0.4, -0.2) is 77.5 Å². The third kappa shape index (κ3) is 4.17. The molecule has 0 bridgehead atoms. The summed E-state index contributed by atoms with van der Waals surface area (Å²) in [6.07, 6.45) is 6.23. The van der Waals surface area contributed by atoms with Crippen LogP contribution in [0.1, 0.15) is 25.7 Å². The van der Waals surface area contributed by atoms with Crippen LogP contribution in [0.3, 0.4) is 0 Å². The first-order valence-corrected chi connectivity index (χ1v) is 11.2. The van der Waals surface area contributed by atoms with Gasteiger partial charge in [0.15, 0.2) is 0 Å². The van der Waals surface area contributed by atoms with Gasteiger partial charge in [-0.1, -0.05) is 6.07 Å². The molecule has 0 N–H and O–H groups in total. The Bertz CT molecular complexity index is 585. The molecule has 1 atom stereocenters. The van der Waals surface area contributed by atoms with Gasteiger partial charge in [0.2, 0.25) is 5.91 Å². The minimum Gasteiger partial charge on any atom is -0.356 e. The maximum absolute atomic E-state index is 13.1. The van der Waals surface area contributed by atoms with E-state index in [0.29, 0.717) is 11.9 Å². The molecular weight excluding hydrogens is 344 g/mol. The van der Waals surface area contributed by atoms with E-state index >= 15 is 0 Å². The number of carbonyl (C=O) groups is 1. The number of rotatable bonds is 3. The molecule has 0 radical (unpaired) electrons. The van der Waals surface area contributed by atoms with Crippen molar-refractivity contribution in [1.82, 2.24) is 14.8 Å². The van der Waals surface area contributed by atoms with Gasteiger partial charge in [-0.2, -0.15) is 11.8 Å². The Morgan fingerprint density at radius 2 is 1.85 bits per heavy atom. The second-order valence-electron chi connectivity index (χ2n) is 7.68. The molecule has 3 aliphatic heterocycles. The lowest BCUT2D eigenvalue weighted by Crippen LogP contribution is -2.51. The third-order valence-corrected chi connectivity index (χ3v) is 7.02. The van der Waals surface area contributed by atoms with Gasteiger partial charge < -0.3 is 9.80 Å². The zero-order chi connectivity index (χ0) is 17.8. The van der Waals surface area contributed by atoms with Crippen LogP contribution in [0.5, 0.6) is 0 Å². The fourth-order valence-corrected chi connectivity index (χ4v) is 5.51. The minimum atomic E-state index is 0.133. The number of amides is 1.